The van der Waals surface area contributed by atoms with Gasteiger partial charge in [0.15, 0.2) is 0 Å². The first-order chi connectivity index (χ1) is 30.3. The molecule has 1 heterocycles. The lowest BCUT2D eigenvalue weighted by Gasteiger charge is -2.35. The largest absolute Gasteiger partial charge is 0.456 e. The molecular formula is C60H45NO. The predicted octanol–water partition coefficient (Wildman–Crippen LogP) is 16.0. The maximum Gasteiger partial charge on any atom is 0.137 e. The van der Waals surface area contributed by atoms with Gasteiger partial charge in [-0.15, -0.1) is 0 Å². The van der Waals surface area contributed by atoms with Crippen LogP contribution in [0.3, 0.4) is 0 Å². The Morgan fingerprint density at radius 3 is 1.81 bits per heavy atom. The minimum Gasteiger partial charge on any atom is -0.456 e. The first-order valence-electron chi connectivity index (χ1n) is 21.8. The summed E-state index contributed by atoms with van der Waals surface area (Å²) in [5, 5.41) is 2.20. The summed E-state index contributed by atoms with van der Waals surface area (Å²) in [6.45, 7) is 9.18. The van der Waals surface area contributed by atoms with E-state index in [1.807, 2.05) is 0 Å². The van der Waals surface area contributed by atoms with Gasteiger partial charge in [-0.1, -0.05) is 183 Å². The van der Waals surface area contributed by atoms with Gasteiger partial charge in [0, 0.05) is 22.1 Å². The zero-order valence-corrected chi connectivity index (χ0v) is 35.4. The Kier molecular flexibility index (Phi) is 7.96. The highest BCUT2D eigenvalue weighted by Crippen LogP contribution is 2.61. The second kappa shape index (κ2) is 13.5. The molecule has 2 aliphatic carbocycles. The van der Waals surface area contributed by atoms with Crippen LogP contribution in [0, 0.1) is 13.8 Å². The Labute approximate surface area is 363 Å². The molecule has 0 amide bonds. The minimum atomic E-state index is -0.540. The monoisotopic (exact) mass is 795 g/mol. The van der Waals surface area contributed by atoms with Crippen molar-refractivity contribution in [3.05, 3.63) is 245 Å². The summed E-state index contributed by atoms with van der Waals surface area (Å²) < 4.78 is 6.59. The van der Waals surface area contributed by atoms with E-state index in [9.17, 15) is 0 Å². The molecule has 0 saturated carbocycles. The van der Waals surface area contributed by atoms with Crippen molar-refractivity contribution in [3.63, 3.8) is 0 Å². The number of anilines is 3. The third kappa shape index (κ3) is 5.10. The fourth-order valence-electron chi connectivity index (χ4n) is 11.2. The second-order valence-electron chi connectivity index (χ2n) is 17.8. The molecule has 296 valence electrons. The van der Waals surface area contributed by atoms with Crippen molar-refractivity contribution < 1.29 is 4.42 Å². The van der Waals surface area contributed by atoms with E-state index >= 15 is 0 Å². The zero-order valence-electron chi connectivity index (χ0n) is 35.4. The summed E-state index contributed by atoms with van der Waals surface area (Å²) in [7, 11) is 0. The lowest BCUT2D eigenvalue weighted by Crippen LogP contribution is -2.28. The minimum absolute atomic E-state index is 0.0696. The van der Waals surface area contributed by atoms with Crippen LogP contribution in [0.1, 0.15) is 58.4 Å². The van der Waals surface area contributed by atoms with E-state index in [0.717, 1.165) is 39.0 Å². The van der Waals surface area contributed by atoms with Gasteiger partial charge in [-0.05, 0) is 117 Å². The number of hydrogen-bond acceptors (Lipinski definition) is 2. The van der Waals surface area contributed by atoms with Crippen molar-refractivity contribution in [2.24, 2.45) is 0 Å². The molecule has 9 aromatic carbocycles. The van der Waals surface area contributed by atoms with Gasteiger partial charge in [0.1, 0.15) is 11.2 Å². The highest BCUT2D eigenvalue weighted by Gasteiger charge is 2.48. The summed E-state index contributed by atoms with van der Waals surface area (Å²) in [6.07, 6.45) is 0. The lowest BCUT2D eigenvalue weighted by atomic mass is 9.67. The van der Waals surface area contributed by atoms with Crippen LogP contribution in [-0.4, -0.2) is 0 Å². The van der Waals surface area contributed by atoms with E-state index in [2.05, 4.69) is 233 Å². The number of nitrogens with zero attached hydrogens (tertiary/aromatic N) is 1. The molecule has 1 aromatic heterocycles. The summed E-state index contributed by atoms with van der Waals surface area (Å²) >= 11 is 0. The highest BCUT2D eigenvalue weighted by molar-refractivity contribution is 6.14. The standard InChI is InChI=1S/C60H45NO/c1-38-29-34-46-50(35-38)60(41-17-7-5-8-18-41,42-19-9-6-10-20-42)51-36-39(2)37-53(57(46)51)61(52-26-16-28-55-58(52)47-22-12-14-27-54(47)62-55)43-32-30-40(31-33-43)44-23-15-25-49-56(44)45-21-11-13-24-48(45)59(49,3)4/h5-37H,1-4H3. The molecule has 2 nitrogen and oxygen atoms in total. The van der Waals surface area contributed by atoms with Crippen molar-refractivity contribution in [2.45, 2.75) is 38.5 Å². The van der Waals surface area contributed by atoms with Gasteiger partial charge in [0.25, 0.3) is 0 Å². The normalized spacial score (nSPS) is 14.1. The third-order valence-electron chi connectivity index (χ3n) is 13.8. The number of aryl methyl sites for hydroxylation is 2. The molecule has 0 atom stereocenters. The number of benzene rings is 9. The van der Waals surface area contributed by atoms with Crippen LogP contribution in [0.5, 0.6) is 0 Å². The Balaban J connectivity index is 1.15. The number of furan rings is 1. The van der Waals surface area contributed by atoms with Crippen molar-refractivity contribution >= 4 is 39.0 Å². The first kappa shape index (κ1) is 36.4. The van der Waals surface area contributed by atoms with Gasteiger partial charge < -0.3 is 9.32 Å². The molecule has 0 fully saturated rings. The van der Waals surface area contributed by atoms with Gasteiger partial charge >= 0.3 is 0 Å². The zero-order chi connectivity index (χ0) is 41.7. The molecule has 0 saturated heterocycles. The van der Waals surface area contributed by atoms with Crippen LogP contribution in [0.2, 0.25) is 0 Å². The molecule has 2 heteroatoms. The molecule has 12 rings (SSSR count). The van der Waals surface area contributed by atoms with Crippen molar-refractivity contribution in [1.82, 2.24) is 0 Å². The van der Waals surface area contributed by atoms with Gasteiger partial charge in [0.2, 0.25) is 0 Å². The molecule has 62 heavy (non-hydrogen) atoms. The number of fused-ring (bicyclic) bond motifs is 9. The van der Waals surface area contributed by atoms with Crippen molar-refractivity contribution in [1.29, 1.82) is 0 Å². The predicted molar refractivity (Wildman–Crippen MR) is 258 cm³/mol. The number of para-hydroxylation sites is 1. The fraction of sp³-hybridized carbons (Fsp3) is 0.100. The van der Waals surface area contributed by atoms with Crippen LogP contribution in [0.25, 0.3) is 55.3 Å². The fourth-order valence-corrected chi connectivity index (χ4v) is 11.2. The molecule has 0 spiro atoms. The topological polar surface area (TPSA) is 16.4 Å². The van der Waals surface area contributed by atoms with Crippen molar-refractivity contribution in [3.8, 4) is 33.4 Å². The van der Waals surface area contributed by atoms with E-state index < -0.39 is 5.41 Å². The maximum absolute atomic E-state index is 6.59. The molecule has 2 aliphatic rings. The maximum atomic E-state index is 6.59. The van der Waals surface area contributed by atoms with Crippen LogP contribution >= 0.6 is 0 Å². The average Bonchev–Trinajstić information content (AvgIpc) is 3.91. The van der Waals surface area contributed by atoms with Crippen LogP contribution in [0.4, 0.5) is 17.1 Å². The Bertz CT molecular complexity index is 3350. The SMILES string of the molecule is Cc1ccc2c(c1)C(c1ccccc1)(c1ccccc1)c1cc(C)cc(N(c3ccc(-c4cccc5c4-c4ccccc4C5(C)C)cc3)c3cccc4oc5ccccc5c34)c1-2. The van der Waals surface area contributed by atoms with Crippen molar-refractivity contribution in [2.75, 3.05) is 4.90 Å². The highest BCUT2D eigenvalue weighted by atomic mass is 16.3. The Morgan fingerprint density at radius 1 is 0.419 bits per heavy atom. The third-order valence-corrected chi connectivity index (χ3v) is 13.8. The summed E-state index contributed by atoms with van der Waals surface area (Å²) in [6, 6.07) is 74.1. The summed E-state index contributed by atoms with van der Waals surface area (Å²) in [5.74, 6) is 0. The summed E-state index contributed by atoms with van der Waals surface area (Å²) in [4.78, 5) is 2.50. The van der Waals surface area contributed by atoms with E-state index in [1.54, 1.807) is 0 Å². The first-order valence-corrected chi connectivity index (χ1v) is 21.8. The van der Waals surface area contributed by atoms with Gasteiger partial charge in [-0.25, -0.2) is 0 Å². The van der Waals surface area contributed by atoms with Crippen LogP contribution in [0.15, 0.2) is 205 Å². The number of rotatable bonds is 6. The second-order valence-corrected chi connectivity index (χ2v) is 17.8. The molecule has 0 N–H and O–H groups in total. The smallest absolute Gasteiger partial charge is 0.137 e. The molecule has 0 radical (unpaired) electrons. The lowest BCUT2D eigenvalue weighted by molar-refractivity contribution is 0.660. The molecule has 0 bridgehead atoms. The van der Waals surface area contributed by atoms with Crippen LogP contribution in [-0.2, 0) is 10.8 Å². The van der Waals surface area contributed by atoms with E-state index in [0.29, 0.717) is 0 Å². The number of hydrogen-bond donors (Lipinski definition) is 0. The van der Waals surface area contributed by atoms with E-state index in [-0.39, 0.29) is 5.41 Å². The van der Waals surface area contributed by atoms with Gasteiger partial charge in [-0.2, -0.15) is 0 Å². The summed E-state index contributed by atoms with van der Waals surface area (Å²) in [5.41, 5.74) is 22.4. The molecule has 0 aliphatic heterocycles. The molecular weight excluding hydrogens is 751 g/mol. The molecule has 0 unspecified atom stereocenters. The van der Waals surface area contributed by atoms with Gasteiger partial charge in [-0.3, -0.25) is 0 Å². The Hall–Kier alpha value is -7.42. The van der Waals surface area contributed by atoms with Crippen LogP contribution < -0.4 is 4.90 Å². The van der Waals surface area contributed by atoms with E-state index in [4.69, 9.17) is 4.42 Å². The van der Waals surface area contributed by atoms with Gasteiger partial charge in [0.05, 0.1) is 22.2 Å². The van der Waals surface area contributed by atoms with E-state index in [1.165, 1.54) is 77.9 Å². The molecule has 10 aromatic rings. The average molecular weight is 796 g/mol. The Morgan fingerprint density at radius 2 is 1.03 bits per heavy atom. The quantitative estimate of drug-likeness (QED) is 0.167.